The van der Waals surface area contributed by atoms with Crippen molar-refractivity contribution in [3.05, 3.63) is 105 Å². The summed E-state index contributed by atoms with van der Waals surface area (Å²) >= 11 is 0. The minimum absolute atomic E-state index is 0.225. The molecule has 0 amide bonds. The van der Waals surface area contributed by atoms with E-state index in [-0.39, 0.29) is 11.4 Å². The summed E-state index contributed by atoms with van der Waals surface area (Å²) in [6, 6.07) is 22.5. The number of carbonyl (C=O) groups excluding carboxylic acids is 2. The number of nitrogens with two attached hydrogens (primary N) is 1. The number of rotatable bonds is 5. The van der Waals surface area contributed by atoms with Crippen LogP contribution in [-0.2, 0) is 18.8 Å². The van der Waals surface area contributed by atoms with Crippen molar-refractivity contribution in [1.82, 2.24) is 14.1 Å². The lowest BCUT2D eigenvalue weighted by atomic mass is 9.99. The number of esters is 1. The van der Waals surface area contributed by atoms with Crippen LogP contribution >= 0.6 is 0 Å². The van der Waals surface area contributed by atoms with E-state index >= 15 is 0 Å². The number of nitrogen functional groups attached to an aromatic ring is 1. The van der Waals surface area contributed by atoms with Crippen molar-refractivity contribution in [3.8, 4) is 11.3 Å². The molecule has 184 valence electrons. The molecule has 9 nitrogen and oxygen atoms in total. The fraction of sp³-hybridized carbons (Fsp3) is 0.107. The lowest BCUT2D eigenvalue weighted by molar-refractivity contribution is 0.0476. The topological polar surface area (TPSA) is 126 Å². The molecular formula is C28H22N4O5. The lowest BCUT2D eigenvalue weighted by Crippen LogP contribution is -2.42. The van der Waals surface area contributed by atoms with Crippen LogP contribution in [0.2, 0.25) is 0 Å². The van der Waals surface area contributed by atoms with Crippen LogP contribution < -0.4 is 17.0 Å². The number of aromatic nitrogens is 3. The number of anilines is 1. The van der Waals surface area contributed by atoms with Gasteiger partial charge in [-0.1, -0.05) is 60.7 Å². The monoisotopic (exact) mass is 494 g/mol. The van der Waals surface area contributed by atoms with Crippen LogP contribution in [0.4, 0.5) is 5.82 Å². The van der Waals surface area contributed by atoms with Crippen LogP contribution in [0.3, 0.4) is 0 Å². The van der Waals surface area contributed by atoms with Gasteiger partial charge in [0.15, 0.2) is 6.61 Å². The smallest absolute Gasteiger partial charge is 0.339 e. The molecule has 0 spiro atoms. The summed E-state index contributed by atoms with van der Waals surface area (Å²) in [6.07, 6.45) is 0. The van der Waals surface area contributed by atoms with Gasteiger partial charge in [0.25, 0.3) is 5.56 Å². The van der Waals surface area contributed by atoms with E-state index in [1.165, 1.54) is 14.1 Å². The minimum Gasteiger partial charge on any atom is -0.454 e. The summed E-state index contributed by atoms with van der Waals surface area (Å²) in [6.45, 7) is -0.725. The molecule has 3 aromatic carbocycles. The van der Waals surface area contributed by atoms with Crippen molar-refractivity contribution < 1.29 is 14.3 Å². The lowest BCUT2D eigenvalue weighted by Gasteiger charge is -2.13. The highest BCUT2D eigenvalue weighted by molar-refractivity contribution is 6.07. The minimum atomic E-state index is -0.853. The molecule has 37 heavy (non-hydrogen) atoms. The molecule has 0 bridgehead atoms. The van der Waals surface area contributed by atoms with Crippen LogP contribution in [0.25, 0.3) is 32.9 Å². The molecule has 0 aliphatic carbocycles. The number of Topliss-reactive ketones (excluding diaryl/α,β-unsaturated/α-hetero) is 1. The molecule has 2 N–H and O–H groups in total. The maximum atomic E-state index is 13.2. The molecule has 2 heterocycles. The van der Waals surface area contributed by atoms with E-state index in [1.54, 1.807) is 24.3 Å². The third kappa shape index (κ3) is 4.06. The highest BCUT2D eigenvalue weighted by Crippen LogP contribution is 2.30. The molecule has 9 heteroatoms. The zero-order chi connectivity index (χ0) is 26.3. The van der Waals surface area contributed by atoms with Gasteiger partial charge in [-0.05, 0) is 22.9 Å². The average molecular weight is 495 g/mol. The molecule has 0 saturated carbocycles. The number of nitrogens with zero attached hydrogens (tertiary/aromatic N) is 3. The molecule has 0 aliphatic heterocycles. The average Bonchev–Trinajstić information content (AvgIpc) is 2.93. The van der Waals surface area contributed by atoms with Crippen LogP contribution in [0, 0.1) is 0 Å². The summed E-state index contributed by atoms with van der Waals surface area (Å²) in [5.74, 6) is -1.86. The summed E-state index contributed by atoms with van der Waals surface area (Å²) in [4.78, 5) is 55.4. The summed E-state index contributed by atoms with van der Waals surface area (Å²) in [5, 5.41) is 2.56. The molecule has 0 unspecified atom stereocenters. The van der Waals surface area contributed by atoms with Gasteiger partial charge in [-0.15, -0.1) is 0 Å². The number of fused-ring (bicyclic) bond motifs is 2. The number of ether oxygens (including phenoxy) is 1. The molecule has 5 aromatic rings. The first-order chi connectivity index (χ1) is 17.8. The predicted molar refractivity (Wildman–Crippen MR) is 141 cm³/mol. The van der Waals surface area contributed by atoms with Crippen molar-refractivity contribution >= 4 is 39.2 Å². The summed E-state index contributed by atoms with van der Waals surface area (Å²) < 4.78 is 7.11. The number of hydrogen-bond donors (Lipinski definition) is 1. The molecule has 2 aromatic heterocycles. The van der Waals surface area contributed by atoms with Gasteiger partial charge in [-0.25, -0.2) is 14.6 Å². The molecular weight excluding hydrogens is 472 g/mol. The zero-order valence-corrected chi connectivity index (χ0v) is 20.1. The third-order valence-electron chi connectivity index (χ3n) is 6.32. The Morgan fingerprint density at radius 1 is 0.892 bits per heavy atom. The van der Waals surface area contributed by atoms with Crippen LogP contribution in [0.5, 0.6) is 0 Å². The summed E-state index contributed by atoms with van der Waals surface area (Å²) in [7, 11) is 2.59. The Kier molecular flexibility index (Phi) is 5.88. The quantitative estimate of drug-likeness (QED) is 0.294. The predicted octanol–water partition coefficient (Wildman–Crippen LogP) is 3.07. The van der Waals surface area contributed by atoms with E-state index in [2.05, 4.69) is 0 Å². The number of benzene rings is 3. The fourth-order valence-electron chi connectivity index (χ4n) is 4.33. The van der Waals surface area contributed by atoms with Gasteiger partial charge in [0.2, 0.25) is 5.78 Å². The molecule has 0 fully saturated rings. The summed E-state index contributed by atoms with van der Waals surface area (Å²) in [5.41, 5.74) is 6.16. The highest BCUT2D eigenvalue weighted by Gasteiger charge is 2.23. The van der Waals surface area contributed by atoms with Crippen LogP contribution in [0.15, 0.2) is 82.4 Å². The molecule has 0 radical (unpaired) electrons. The van der Waals surface area contributed by atoms with E-state index in [4.69, 9.17) is 15.5 Å². The van der Waals surface area contributed by atoms with E-state index < -0.39 is 35.2 Å². The normalized spacial score (nSPS) is 11.1. The van der Waals surface area contributed by atoms with Crippen LogP contribution in [-0.4, -0.2) is 32.5 Å². The molecule has 0 atom stereocenters. The van der Waals surface area contributed by atoms with Gasteiger partial charge in [0.05, 0.1) is 16.8 Å². The fourth-order valence-corrected chi connectivity index (χ4v) is 4.33. The Bertz CT molecular complexity index is 1850. The Morgan fingerprint density at radius 3 is 2.35 bits per heavy atom. The largest absolute Gasteiger partial charge is 0.454 e. The van der Waals surface area contributed by atoms with Gasteiger partial charge in [0, 0.05) is 25.0 Å². The van der Waals surface area contributed by atoms with Crippen LogP contribution in [0.1, 0.15) is 20.7 Å². The Balaban J connectivity index is 1.53. The second kappa shape index (κ2) is 9.19. The van der Waals surface area contributed by atoms with E-state index in [0.29, 0.717) is 16.6 Å². The maximum Gasteiger partial charge on any atom is 0.339 e. The van der Waals surface area contributed by atoms with E-state index in [9.17, 15) is 19.2 Å². The maximum absolute atomic E-state index is 13.2. The number of ketones is 1. The number of carbonyl (C=O) groups is 2. The van der Waals surface area contributed by atoms with Gasteiger partial charge < -0.3 is 10.5 Å². The number of pyridine rings is 1. The van der Waals surface area contributed by atoms with E-state index in [1.807, 2.05) is 48.5 Å². The highest BCUT2D eigenvalue weighted by atomic mass is 16.5. The molecule has 0 saturated heterocycles. The van der Waals surface area contributed by atoms with Gasteiger partial charge in [-0.3, -0.25) is 18.7 Å². The number of hydrogen-bond acceptors (Lipinski definition) is 7. The number of para-hydroxylation sites is 1. The van der Waals surface area contributed by atoms with Gasteiger partial charge in [0.1, 0.15) is 11.4 Å². The Hall–Kier alpha value is -5.05. The SMILES string of the molecule is Cn1c(N)c(C(=O)COC(=O)c2cc(-c3cccc4ccccc34)nc3ccccc23)c(=O)n(C)c1=O. The first-order valence-corrected chi connectivity index (χ1v) is 11.4. The van der Waals surface area contributed by atoms with Crippen molar-refractivity contribution in [2.45, 2.75) is 0 Å². The van der Waals surface area contributed by atoms with Gasteiger partial charge >= 0.3 is 11.7 Å². The zero-order valence-electron chi connectivity index (χ0n) is 20.1. The first-order valence-electron chi connectivity index (χ1n) is 11.4. The Morgan fingerprint density at radius 2 is 1.57 bits per heavy atom. The second-order valence-corrected chi connectivity index (χ2v) is 8.56. The Labute approximate surface area is 210 Å². The van der Waals surface area contributed by atoms with Crippen molar-refractivity contribution in [2.24, 2.45) is 14.1 Å². The van der Waals surface area contributed by atoms with E-state index in [0.717, 1.165) is 25.5 Å². The second-order valence-electron chi connectivity index (χ2n) is 8.56. The van der Waals surface area contributed by atoms with Crippen molar-refractivity contribution in [2.75, 3.05) is 12.3 Å². The molecule has 0 aliphatic rings. The third-order valence-corrected chi connectivity index (χ3v) is 6.32. The molecule has 5 rings (SSSR count). The first kappa shape index (κ1) is 23.7. The van der Waals surface area contributed by atoms with Gasteiger partial charge in [-0.2, -0.15) is 0 Å². The van der Waals surface area contributed by atoms with Crippen molar-refractivity contribution in [1.29, 1.82) is 0 Å². The standard InChI is InChI=1S/C28H22N4O5/c1-31-25(29)24(26(34)32(2)28(31)36)23(33)15-37-27(35)20-14-22(30-21-13-6-5-11-19(20)21)18-12-7-9-16-8-3-4-10-17(16)18/h3-14H,15,29H2,1-2H3. The van der Waals surface area contributed by atoms with Crippen molar-refractivity contribution in [3.63, 3.8) is 0 Å².